The lowest BCUT2D eigenvalue weighted by molar-refractivity contribution is 0.157. The molecule has 0 bridgehead atoms. The first kappa shape index (κ1) is 18.1. The van der Waals surface area contributed by atoms with Crippen LogP contribution >= 0.6 is 24.0 Å². The van der Waals surface area contributed by atoms with Crippen LogP contribution in [-0.2, 0) is 11.3 Å². The summed E-state index contributed by atoms with van der Waals surface area (Å²) in [5, 5.41) is 4.53. The highest BCUT2D eigenvalue weighted by molar-refractivity contribution is 14.0. The Morgan fingerprint density at radius 2 is 2.26 bits per heavy atom. The van der Waals surface area contributed by atoms with E-state index in [2.05, 4.69) is 27.3 Å². The van der Waals surface area contributed by atoms with Gasteiger partial charge in [-0.15, -0.1) is 24.0 Å². The SMILES string of the molecule is CN=C(NCc1cc2ccccc2o1)N1CCC(COC)C1.I. The van der Waals surface area contributed by atoms with E-state index in [1.807, 2.05) is 25.2 Å². The number of aliphatic imine (C=N–C) groups is 1. The molecule has 1 unspecified atom stereocenters. The van der Waals surface area contributed by atoms with Crippen molar-refractivity contribution in [3.05, 3.63) is 36.1 Å². The predicted molar refractivity (Wildman–Crippen MR) is 103 cm³/mol. The van der Waals surface area contributed by atoms with Gasteiger partial charge in [-0.25, -0.2) is 0 Å². The van der Waals surface area contributed by atoms with Crippen LogP contribution in [0.4, 0.5) is 0 Å². The topological polar surface area (TPSA) is 50.0 Å². The number of ether oxygens (including phenoxy) is 1. The molecule has 1 saturated heterocycles. The minimum Gasteiger partial charge on any atom is -0.459 e. The lowest BCUT2D eigenvalue weighted by Crippen LogP contribution is -2.39. The molecule has 1 fully saturated rings. The van der Waals surface area contributed by atoms with Gasteiger partial charge in [-0.1, -0.05) is 18.2 Å². The fourth-order valence-corrected chi connectivity index (χ4v) is 3.02. The van der Waals surface area contributed by atoms with Gasteiger partial charge in [0.05, 0.1) is 13.2 Å². The van der Waals surface area contributed by atoms with Crippen LogP contribution in [0.3, 0.4) is 0 Å². The van der Waals surface area contributed by atoms with Crippen molar-refractivity contribution in [2.75, 3.05) is 33.9 Å². The summed E-state index contributed by atoms with van der Waals surface area (Å²) >= 11 is 0. The molecule has 0 saturated carbocycles. The normalized spacial score (nSPS) is 18.3. The Morgan fingerprint density at radius 3 is 3.00 bits per heavy atom. The largest absolute Gasteiger partial charge is 0.459 e. The molecule has 3 rings (SSSR count). The van der Waals surface area contributed by atoms with Gasteiger partial charge in [0.1, 0.15) is 11.3 Å². The summed E-state index contributed by atoms with van der Waals surface area (Å²) in [4.78, 5) is 6.67. The number of nitrogens with one attached hydrogen (secondary N) is 1. The number of para-hydroxylation sites is 1. The van der Waals surface area contributed by atoms with Gasteiger partial charge >= 0.3 is 0 Å². The molecule has 23 heavy (non-hydrogen) atoms. The van der Waals surface area contributed by atoms with Crippen molar-refractivity contribution in [1.29, 1.82) is 0 Å². The Morgan fingerprint density at radius 1 is 1.43 bits per heavy atom. The molecule has 2 heterocycles. The van der Waals surface area contributed by atoms with Gasteiger partial charge in [0.15, 0.2) is 5.96 Å². The minimum absolute atomic E-state index is 0. The van der Waals surface area contributed by atoms with Crippen molar-refractivity contribution < 1.29 is 9.15 Å². The van der Waals surface area contributed by atoms with Crippen LogP contribution in [-0.4, -0.2) is 44.7 Å². The first-order valence-corrected chi connectivity index (χ1v) is 7.72. The maximum atomic E-state index is 5.83. The third kappa shape index (κ3) is 4.38. The Labute approximate surface area is 154 Å². The molecule has 0 spiro atoms. The highest BCUT2D eigenvalue weighted by Gasteiger charge is 2.24. The fraction of sp³-hybridized carbons (Fsp3) is 0.471. The average molecular weight is 429 g/mol. The van der Waals surface area contributed by atoms with Gasteiger partial charge in [-0.2, -0.15) is 0 Å². The van der Waals surface area contributed by atoms with Crippen molar-refractivity contribution in [3.8, 4) is 0 Å². The second kappa shape index (κ2) is 8.54. The number of hydrogen-bond acceptors (Lipinski definition) is 3. The Kier molecular flexibility index (Phi) is 6.71. The summed E-state index contributed by atoms with van der Waals surface area (Å²) in [5.74, 6) is 2.45. The van der Waals surface area contributed by atoms with E-state index in [4.69, 9.17) is 9.15 Å². The second-order valence-corrected chi connectivity index (χ2v) is 5.71. The van der Waals surface area contributed by atoms with E-state index >= 15 is 0 Å². The van der Waals surface area contributed by atoms with Crippen molar-refractivity contribution in [2.24, 2.45) is 10.9 Å². The molecule has 1 N–H and O–H groups in total. The van der Waals surface area contributed by atoms with E-state index in [9.17, 15) is 0 Å². The molecule has 126 valence electrons. The number of likely N-dealkylation sites (tertiary alicyclic amines) is 1. The van der Waals surface area contributed by atoms with Gasteiger partial charge in [0.2, 0.25) is 0 Å². The van der Waals surface area contributed by atoms with Crippen LogP contribution in [0, 0.1) is 5.92 Å². The smallest absolute Gasteiger partial charge is 0.194 e. The lowest BCUT2D eigenvalue weighted by Gasteiger charge is -2.21. The standard InChI is InChI=1S/C17H23N3O2.HI/c1-18-17(20-8-7-13(11-20)12-21-2)19-10-15-9-14-5-3-4-6-16(14)22-15;/h3-6,9,13H,7-8,10-12H2,1-2H3,(H,18,19);1H. The molecule has 6 heteroatoms. The van der Waals surface area contributed by atoms with Crippen LogP contribution in [0.5, 0.6) is 0 Å². The summed E-state index contributed by atoms with van der Waals surface area (Å²) in [7, 11) is 3.59. The van der Waals surface area contributed by atoms with Crippen LogP contribution in [0.1, 0.15) is 12.2 Å². The van der Waals surface area contributed by atoms with E-state index in [1.54, 1.807) is 7.11 Å². The van der Waals surface area contributed by atoms with Crippen LogP contribution < -0.4 is 5.32 Å². The highest BCUT2D eigenvalue weighted by atomic mass is 127. The van der Waals surface area contributed by atoms with Crippen LogP contribution in [0.15, 0.2) is 39.7 Å². The van der Waals surface area contributed by atoms with Crippen molar-refractivity contribution in [3.63, 3.8) is 0 Å². The molecule has 1 aromatic carbocycles. The third-order valence-electron chi connectivity index (χ3n) is 4.10. The van der Waals surface area contributed by atoms with Crippen molar-refractivity contribution in [2.45, 2.75) is 13.0 Å². The molecule has 1 aliphatic rings. The van der Waals surface area contributed by atoms with Crippen LogP contribution in [0.2, 0.25) is 0 Å². The van der Waals surface area contributed by atoms with Gasteiger partial charge in [0, 0.05) is 38.6 Å². The van der Waals surface area contributed by atoms with E-state index in [-0.39, 0.29) is 24.0 Å². The molecular weight excluding hydrogens is 405 g/mol. The van der Waals surface area contributed by atoms with Gasteiger partial charge in [-0.05, 0) is 18.6 Å². The van der Waals surface area contributed by atoms with Crippen molar-refractivity contribution in [1.82, 2.24) is 10.2 Å². The first-order chi connectivity index (χ1) is 10.8. The molecule has 1 aliphatic heterocycles. The Hall–Kier alpha value is -1.28. The number of halogens is 1. The number of rotatable bonds is 4. The Balaban J connectivity index is 0.00000192. The zero-order chi connectivity index (χ0) is 15.4. The summed E-state index contributed by atoms with van der Waals surface area (Å²) in [6.07, 6.45) is 1.15. The number of fused-ring (bicyclic) bond motifs is 1. The number of nitrogens with zero attached hydrogens (tertiary/aromatic N) is 2. The third-order valence-corrected chi connectivity index (χ3v) is 4.10. The van der Waals surface area contributed by atoms with Gasteiger partial charge < -0.3 is 19.4 Å². The maximum Gasteiger partial charge on any atom is 0.194 e. The molecule has 1 atom stereocenters. The maximum absolute atomic E-state index is 5.83. The van der Waals surface area contributed by atoms with E-state index in [1.165, 1.54) is 0 Å². The molecule has 0 radical (unpaired) electrons. The van der Waals surface area contributed by atoms with Crippen molar-refractivity contribution >= 4 is 40.9 Å². The number of hydrogen-bond donors (Lipinski definition) is 1. The zero-order valence-corrected chi connectivity index (χ0v) is 15.9. The summed E-state index contributed by atoms with van der Waals surface area (Å²) in [6.45, 7) is 3.48. The summed E-state index contributed by atoms with van der Waals surface area (Å²) in [6, 6.07) is 10.1. The summed E-state index contributed by atoms with van der Waals surface area (Å²) in [5.41, 5.74) is 0.926. The molecule has 5 nitrogen and oxygen atoms in total. The summed E-state index contributed by atoms with van der Waals surface area (Å²) < 4.78 is 11.1. The zero-order valence-electron chi connectivity index (χ0n) is 13.6. The fourth-order valence-electron chi connectivity index (χ4n) is 3.02. The van der Waals surface area contributed by atoms with E-state index < -0.39 is 0 Å². The molecule has 0 aliphatic carbocycles. The average Bonchev–Trinajstić information content (AvgIpc) is 3.15. The molecule has 2 aromatic rings. The molecule has 1 aromatic heterocycles. The van der Waals surface area contributed by atoms with E-state index in [0.717, 1.165) is 48.8 Å². The second-order valence-electron chi connectivity index (χ2n) is 5.71. The van der Waals surface area contributed by atoms with Gasteiger partial charge in [0.25, 0.3) is 0 Å². The molecular formula is C17H24IN3O2. The molecule has 0 amide bonds. The highest BCUT2D eigenvalue weighted by Crippen LogP contribution is 2.19. The van der Waals surface area contributed by atoms with Gasteiger partial charge in [-0.3, -0.25) is 4.99 Å². The number of guanidine groups is 1. The quantitative estimate of drug-likeness (QED) is 0.461. The number of furan rings is 1. The first-order valence-electron chi connectivity index (χ1n) is 7.72. The Bertz CT molecular complexity index is 623. The lowest BCUT2D eigenvalue weighted by atomic mass is 10.1. The predicted octanol–water partition coefficient (Wildman–Crippen LogP) is 3.09. The minimum atomic E-state index is 0. The number of benzene rings is 1. The van der Waals surface area contributed by atoms with Crippen LogP contribution in [0.25, 0.3) is 11.0 Å². The monoisotopic (exact) mass is 429 g/mol. The number of methoxy groups -OCH3 is 1. The van der Waals surface area contributed by atoms with E-state index in [0.29, 0.717) is 12.5 Å².